The van der Waals surface area contributed by atoms with Gasteiger partial charge in [-0.15, -0.1) is 11.3 Å². The summed E-state index contributed by atoms with van der Waals surface area (Å²) in [5, 5.41) is 11.8. The highest BCUT2D eigenvalue weighted by atomic mass is 32.1. The molecule has 0 N–H and O–H groups in total. The van der Waals surface area contributed by atoms with E-state index in [1.807, 2.05) is 11.3 Å². The van der Waals surface area contributed by atoms with Crippen LogP contribution < -0.4 is 0 Å². The Morgan fingerprint density at radius 1 is 0.447 bits per heavy atom. The van der Waals surface area contributed by atoms with Crippen LogP contribution in [0.25, 0.3) is 42.4 Å². The van der Waals surface area contributed by atoms with Gasteiger partial charge in [-0.25, -0.2) is 0 Å². The minimum atomic E-state index is 1.21. The third-order valence-corrected chi connectivity index (χ3v) is 9.42. The van der Waals surface area contributed by atoms with Gasteiger partial charge < -0.3 is 0 Å². The molecule has 0 aliphatic heterocycles. The molecule has 0 aliphatic rings. The number of thiophene rings is 1. The van der Waals surface area contributed by atoms with Crippen molar-refractivity contribution in [1.29, 1.82) is 0 Å². The first-order valence-corrected chi connectivity index (χ1v) is 16.5. The summed E-state index contributed by atoms with van der Waals surface area (Å²) in [4.78, 5) is 0. The Morgan fingerprint density at radius 3 is 1.76 bits per heavy atom. The summed E-state index contributed by atoms with van der Waals surface area (Å²) in [5.74, 6) is 0. The zero-order chi connectivity index (χ0) is 26.0. The highest BCUT2D eigenvalue weighted by molar-refractivity contribution is 7.17. The number of rotatable bonds is 16. The summed E-state index contributed by atoms with van der Waals surface area (Å²) < 4.78 is 1.38. The molecule has 1 heterocycles. The van der Waals surface area contributed by atoms with Crippen molar-refractivity contribution in [2.45, 2.75) is 110 Å². The molecule has 1 heteroatoms. The molecule has 0 aliphatic carbocycles. The molecular weight excluding hydrogens is 476 g/mol. The van der Waals surface area contributed by atoms with E-state index in [0.29, 0.717) is 0 Å². The normalized spacial score (nSPS) is 11.9. The third kappa shape index (κ3) is 6.97. The molecule has 0 spiro atoms. The van der Waals surface area contributed by atoms with Gasteiger partial charge in [-0.3, -0.25) is 0 Å². The first-order valence-electron chi connectivity index (χ1n) is 15.6. The van der Waals surface area contributed by atoms with Gasteiger partial charge in [-0.2, -0.15) is 0 Å². The molecule has 0 saturated carbocycles. The van der Waals surface area contributed by atoms with E-state index in [1.54, 1.807) is 0 Å². The van der Waals surface area contributed by atoms with E-state index in [0.717, 1.165) is 0 Å². The van der Waals surface area contributed by atoms with Crippen LogP contribution in [0, 0.1) is 0 Å². The van der Waals surface area contributed by atoms with E-state index in [-0.39, 0.29) is 0 Å². The van der Waals surface area contributed by atoms with E-state index in [4.69, 9.17) is 0 Å². The van der Waals surface area contributed by atoms with Crippen LogP contribution in [0.1, 0.15) is 109 Å². The summed E-state index contributed by atoms with van der Waals surface area (Å²) in [6, 6.07) is 23.4. The zero-order valence-corrected chi connectivity index (χ0v) is 24.4. The second-order valence-corrected chi connectivity index (χ2v) is 12.5. The average Bonchev–Trinajstić information content (AvgIpc) is 3.43. The van der Waals surface area contributed by atoms with E-state index >= 15 is 0 Å². The Hall–Kier alpha value is -2.38. The largest absolute Gasteiger partial charge is 0.144 e. The summed E-state index contributed by atoms with van der Waals surface area (Å²) >= 11 is 1.83. The average molecular weight is 523 g/mol. The Kier molecular flexibility index (Phi) is 10.1. The number of hydrogen-bond donors (Lipinski definition) is 0. The highest BCUT2D eigenvalue weighted by Gasteiger charge is 2.07. The van der Waals surface area contributed by atoms with Crippen LogP contribution in [0.4, 0.5) is 0 Å². The fourth-order valence-corrected chi connectivity index (χ4v) is 7.05. The second-order valence-electron chi connectivity index (χ2n) is 11.5. The number of hydrogen-bond acceptors (Lipinski definition) is 1. The molecule has 0 bridgehead atoms. The third-order valence-electron chi connectivity index (χ3n) is 8.54. The van der Waals surface area contributed by atoms with E-state index in [9.17, 15) is 0 Å². The molecule has 0 atom stereocenters. The number of aryl methyl sites for hydroxylation is 1. The Bertz CT molecular complexity index is 1440. The molecule has 0 amide bonds. The maximum atomic E-state index is 2.44. The molecule has 0 nitrogen and oxygen atoms in total. The van der Waals surface area contributed by atoms with Gasteiger partial charge in [-0.05, 0) is 80.4 Å². The monoisotopic (exact) mass is 522 g/mol. The summed E-state index contributed by atoms with van der Waals surface area (Å²) in [5.41, 5.74) is 1.49. The van der Waals surface area contributed by atoms with Gasteiger partial charge >= 0.3 is 0 Å². The van der Waals surface area contributed by atoms with Crippen molar-refractivity contribution in [2.75, 3.05) is 0 Å². The van der Waals surface area contributed by atoms with Crippen molar-refractivity contribution in [2.24, 2.45) is 0 Å². The topological polar surface area (TPSA) is 0 Å². The van der Waals surface area contributed by atoms with Gasteiger partial charge in [0.15, 0.2) is 0 Å². The molecule has 0 radical (unpaired) electrons. The summed E-state index contributed by atoms with van der Waals surface area (Å²) in [7, 11) is 0. The highest BCUT2D eigenvalue weighted by Crippen LogP contribution is 2.35. The van der Waals surface area contributed by atoms with Crippen molar-refractivity contribution in [3.63, 3.8) is 0 Å². The lowest BCUT2D eigenvalue weighted by atomic mass is 9.95. The fourth-order valence-electron chi connectivity index (χ4n) is 6.25. The van der Waals surface area contributed by atoms with E-state index in [1.165, 1.54) is 151 Å². The van der Waals surface area contributed by atoms with Crippen LogP contribution in [0.3, 0.4) is 0 Å². The Labute approximate surface area is 234 Å². The molecule has 38 heavy (non-hydrogen) atoms. The predicted octanol–water partition coefficient (Wildman–Crippen LogP) is 12.8. The van der Waals surface area contributed by atoms with Gasteiger partial charge in [0.25, 0.3) is 0 Å². The smallest absolute Gasteiger partial charge is 0.0349 e. The Morgan fingerprint density at radius 2 is 1.05 bits per heavy atom. The first kappa shape index (κ1) is 27.2. The van der Waals surface area contributed by atoms with Crippen LogP contribution in [0.15, 0.2) is 66.0 Å². The van der Waals surface area contributed by atoms with Crippen LogP contribution in [0.5, 0.6) is 0 Å². The first-order chi connectivity index (χ1) is 18.8. The van der Waals surface area contributed by atoms with Crippen molar-refractivity contribution in [1.82, 2.24) is 0 Å². The minimum Gasteiger partial charge on any atom is -0.144 e. The van der Waals surface area contributed by atoms with Crippen molar-refractivity contribution < 1.29 is 0 Å². The molecule has 0 unspecified atom stereocenters. The minimum absolute atomic E-state index is 1.21. The van der Waals surface area contributed by atoms with Crippen molar-refractivity contribution in [3.05, 3.63) is 71.6 Å². The second kappa shape index (κ2) is 14.1. The number of unbranched alkanes of at least 4 members (excludes halogenated alkanes) is 14. The number of fused-ring (bicyclic) bond motifs is 6. The van der Waals surface area contributed by atoms with Gasteiger partial charge in [0.1, 0.15) is 0 Å². The van der Waals surface area contributed by atoms with E-state index < -0.39 is 0 Å². The molecular formula is C37H46S. The quantitative estimate of drug-likeness (QED) is 0.0686. The van der Waals surface area contributed by atoms with Crippen LogP contribution >= 0.6 is 11.3 Å². The zero-order valence-electron chi connectivity index (χ0n) is 23.6. The lowest BCUT2D eigenvalue weighted by Crippen LogP contribution is -1.88. The Balaban J connectivity index is 1.04. The van der Waals surface area contributed by atoms with Crippen LogP contribution in [-0.2, 0) is 6.42 Å². The summed E-state index contributed by atoms with van der Waals surface area (Å²) in [6.45, 7) is 2.30. The fraction of sp³-hybridized carbons (Fsp3) is 0.459. The van der Waals surface area contributed by atoms with Gasteiger partial charge in [-0.1, -0.05) is 133 Å². The molecule has 0 fully saturated rings. The lowest BCUT2D eigenvalue weighted by molar-refractivity contribution is 0.532. The molecule has 5 aromatic rings. The van der Waals surface area contributed by atoms with Gasteiger partial charge in [0, 0.05) is 10.1 Å². The maximum Gasteiger partial charge on any atom is 0.0349 e. The maximum absolute atomic E-state index is 2.44. The lowest BCUT2D eigenvalue weighted by Gasteiger charge is -2.09. The standard InChI is InChI=1S/C37H46S/c1-2-3-4-5-6-7-8-9-10-11-12-13-14-15-16-17-29-18-19-30-28-36-31(27-32(30)26-29)20-21-33-34(36)22-23-37-35(33)24-25-38-37/h18-28H,2-17H2,1H3. The van der Waals surface area contributed by atoms with E-state index in [2.05, 4.69) is 73.0 Å². The molecule has 5 rings (SSSR count). The van der Waals surface area contributed by atoms with Crippen LogP contribution in [0.2, 0.25) is 0 Å². The van der Waals surface area contributed by atoms with Crippen molar-refractivity contribution >= 4 is 53.7 Å². The summed E-state index contributed by atoms with van der Waals surface area (Å²) in [6.07, 6.45) is 22.6. The van der Waals surface area contributed by atoms with Gasteiger partial charge in [0.2, 0.25) is 0 Å². The molecule has 1 aromatic heterocycles. The predicted molar refractivity (Wildman–Crippen MR) is 173 cm³/mol. The molecule has 0 saturated heterocycles. The molecule has 4 aromatic carbocycles. The number of benzene rings is 4. The van der Waals surface area contributed by atoms with Crippen molar-refractivity contribution in [3.8, 4) is 0 Å². The molecule has 200 valence electrons. The van der Waals surface area contributed by atoms with Gasteiger partial charge in [0.05, 0.1) is 0 Å². The van der Waals surface area contributed by atoms with Crippen LogP contribution in [-0.4, -0.2) is 0 Å². The SMILES string of the molecule is CCCCCCCCCCCCCCCCCc1ccc2cc3c(ccc4c5ccsc5ccc34)cc2c1.